The predicted molar refractivity (Wildman–Crippen MR) is 91.9 cm³/mol. The number of halogens is 1. The van der Waals surface area contributed by atoms with E-state index in [0.717, 1.165) is 22.6 Å². The molecule has 0 unspecified atom stereocenters. The number of rotatable bonds is 5. The van der Waals surface area contributed by atoms with Crippen LogP contribution in [-0.4, -0.2) is 17.7 Å². The van der Waals surface area contributed by atoms with Crippen molar-refractivity contribution in [2.24, 2.45) is 0 Å². The van der Waals surface area contributed by atoms with Crippen molar-refractivity contribution in [1.82, 2.24) is 5.16 Å². The zero-order valence-corrected chi connectivity index (χ0v) is 13.9. The van der Waals surface area contributed by atoms with Crippen molar-refractivity contribution in [3.05, 3.63) is 65.8 Å². The summed E-state index contributed by atoms with van der Waals surface area (Å²) in [4.78, 5) is 11.9. The maximum atomic E-state index is 13.1. The third kappa shape index (κ3) is 4.03. The van der Waals surface area contributed by atoms with E-state index in [1.807, 2.05) is 26.0 Å². The summed E-state index contributed by atoms with van der Waals surface area (Å²) in [6, 6.07) is 13.0. The lowest BCUT2D eigenvalue weighted by atomic mass is 10.0. The minimum absolute atomic E-state index is 0.199. The molecule has 0 fully saturated rings. The van der Waals surface area contributed by atoms with E-state index in [1.165, 1.54) is 18.2 Å². The Balaban J connectivity index is 1.60. The Morgan fingerprint density at radius 3 is 2.60 bits per heavy atom. The first kappa shape index (κ1) is 16.7. The largest absolute Gasteiger partial charge is 0.484 e. The average molecular weight is 340 g/mol. The molecular weight excluding hydrogens is 323 g/mol. The van der Waals surface area contributed by atoms with Crippen LogP contribution in [0.15, 0.2) is 53.1 Å². The van der Waals surface area contributed by atoms with Gasteiger partial charge >= 0.3 is 0 Å². The molecule has 128 valence electrons. The molecule has 0 aliphatic carbocycles. The smallest absolute Gasteiger partial charge is 0.262 e. The van der Waals surface area contributed by atoms with Crippen molar-refractivity contribution >= 4 is 11.6 Å². The zero-order valence-electron chi connectivity index (χ0n) is 13.9. The Labute approximate surface area is 144 Å². The number of carbonyl (C=O) groups is 1. The van der Waals surface area contributed by atoms with Crippen molar-refractivity contribution in [2.45, 2.75) is 13.8 Å². The van der Waals surface area contributed by atoms with Gasteiger partial charge in [-0.15, -0.1) is 0 Å². The maximum Gasteiger partial charge on any atom is 0.262 e. The molecule has 1 amide bonds. The van der Waals surface area contributed by atoms with Gasteiger partial charge in [-0.3, -0.25) is 4.79 Å². The molecule has 1 aromatic heterocycles. The standard InChI is InChI=1S/C19H17FN2O3/c1-12-19(13(2)25-22-12)14-6-8-16(9-7-14)21-18(23)11-24-17-5-3-4-15(20)10-17/h3-10H,11H2,1-2H3,(H,21,23). The van der Waals surface area contributed by atoms with Crippen molar-refractivity contribution in [1.29, 1.82) is 0 Å². The number of benzene rings is 2. The second-order valence-electron chi connectivity index (χ2n) is 5.57. The van der Waals surface area contributed by atoms with Crippen LogP contribution in [0.2, 0.25) is 0 Å². The van der Waals surface area contributed by atoms with Crippen LogP contribution in [0.1, 0.15) is 11.5 Å². The van der Waals surface area contributed by atoms with Crippen LogP contribution in [0.4, 0.5) is 10.1 Å². The lowest BCUT2D eigenvalue weighted by Gasteiger charge is -2.08. The van der Waals surface area contributed by atoms with Gasteiger partial charge in [-0.05, 0) is 43.7 Å². The fraction of sp³-hybridized carbons (Fsp3) is 0.158. The van der Waals surface area contributed by atoms with E-state index in [2.05, 4.69) is 10.5 Å². The van der Waals surface area contributed by atoms with Gasteiger partial charge in [-0.25, -0.2) is 4.39 Å². The van der Waals surface area contributed by atoms with Gasteiger partial charge in [0.25, 0.3) is 5.91 Å². The van der Waals surface area contributed by atoms with Crippen LogP contribution >= 0.6 is 0 Å². The van der Waals surface area contributed by atoms with E-state index in [-0.39, 0.29) is 12.5 Å². The molecule has 3 aromatic rings. The summed E-state index contributed by atoms with van der Waals surface area (Å²) in [7, 11) is 0. The highest BCUT2D eigenvalue weighted by molar-refractivity contribution is 5.92. The van der Waals surface area contributed by atoms with Gasteiger partial charge in [-0.2, -0.15) is 0 Å². The maximum absolute atomic E-state index is 13.1. The zero-order chi connectivity index (χ0) is 17.8. The molecule has 1 N–H and O–H groups in total. The molecule has 6 heteroatoms. The van der Waals surface area contributed by atoms with Crippen molar-refractivity contribution in [2.75, 3.05) is 11.9 Å². The molecule has 0 atom stereocenters. The summed E-state index contributed by atoms with van der Waals surface area (Å²) in [5.41, 5.74) is 3.37. The Kier molecular flexibility index (Phi) is 4.79. The lowest BCUT2D eigenvalue weighted by Crippen LogP contribution is -2.20. The highest BCUT2D eigenvalue weighted by Crippen LogP contribution is 2.27. The highest BCUT2D eigenvalue weighted by Gasteiger charge is 2.11. The van der Waals surface area contributed by atoms with Gasteiger partial charge in [0.05, 0.1) is 5.69 Å². The Morgan fingerprint density at radius 1 is 1.20 bits per heavy atom. The summed E-state index contributed by atoms with van der Waals surface area (Å²) in [5.74, 6) is 0.323. The molecule has 2 aromatic carbocycles. The third-order valence-corrected chi connectivity index (χ3v) is 3.66. The second-order valence-corrected chi connectivity index (χ2v) is 5.57. The molecule has 0 aliphatic rings. The summed E-state index contributed by atoms with van der Waals surface area (Å²) >= 11 is 0. The third-order valence-electron chi connectivity index (χ3n) is 3.66. The van der Waals surface area contributed by atoms with Crippen molar-refractivity contribution in [3.63, 3.8) is 0 Å². The number of amides is 1. The SMILES string of the molecule is Cc1noc(C)c1-c1ccc(NC(=O)COc2cccc(F)c2)cc1. The first-order valence-electron chi connectivity index (χ1n) is 7.74. The van der Waals surface area contributed by atoms with Gasteiger partial charge in [0.2, 0.25) is 0 Å². The molecule has 3 rings (SSSR count). The van der Waals surface area contributed by atoms with E-state index in [9.17, 15) is 9.18 Å². The van der Waals surface area contributed by atoms with Crippen molar-refractivity contribution in [3.8, 4) is 16.9 Å². The molecule has 0 radical (unpaired) electrons. The molecule has 0 bridgehead atoms. The van der Waals surface area contributed by atoms with E-state index >= 15 is 0 Å². The van der Waals surface area contributed by atoms with Crippen molar-refractivity contribution < 1.29 is 18.4 Å². The number of anilines is 1. The van der Waals surface area contributed by atoms with E-state index in [1.54, 1.807) is 18.2 Å². The second kappa shape index (κ2) is 7.17. The fourth-order valence-electron chi connectivity index (χ4n) is 2.52. The number of ether oxygens (including phenoxy) is 1. The van der Waals surface area contributed by atoms with Crippen LogP contribution in [0.3, 0.4) is 0 Å². The van der Waals surface area contributed by atoms with E-state index in [4.69, 9.17) is 9.26 Å². The molecule has 0 saturated carbocycles. The first-order chi connectivity index (χ1) is 12.0. The van der Waals surface area contributed by atoms with Gasteiger partial charge in [0.15, 0.2) is 6.61 Å². The number of nitrogens with zero attached hydrogens (tertiary/aromatic N) is 1. The summed E-state index contributed by atoms with van der Waals surface area (Å²) in [6.45, 7) is 3.54. The molecular formula is C19H17FN2O3. The average Bonchev–Trinajstić information content (AvgIpc) is 2.93. The monoisotopic (exact) mass is 340 g/mol. The topological polar surface area (TPSA) is 64.4 Å². The summed E-state index contributed by atoms with van der Waals surface area (Å²) < 4.78 is 23.5. The number of aromatic nitrogens is 1. The molecule has 1 heterocycles. The Hall–Kier alpha value is -3.15. The van der Waals surface area contributed by atoms with E-state index in [0.29, 0.717) is 11.4 Å². The van der Waals surface area contributed by atoms with Crippen LogP contribution in [0.5, 0.6) is 5.75 Å². The first-order valence-corrected chi connectivity index (χ1v) is 7.74. The predicted octanol–water partition coefficient (Wildman–Crippen LogP) is 4.12. The summed E-state index contributed by atoms with van der Waals surface area (Å²) in [5, 5.41) is 6.67. The number of carbonyl (C=O) groups excluding carboxylic acids is 1. The Morgan fingerprint density at radius 2 is 1.96 bits per heavy atom. The van der Waals surface area contributed by atoms with Gasteiger partial charge in [0.1, 0.15) is 17.3 Å². The molecule has 0 aliphatic heterocycles. The normalized spacial score (nSPS) is 10.5. The molecule has 5 nitrogen and oxygen atoms in total. The van der Waals surface area contributed by atoms with Gasteiger partial charge in [0, 0.05) is 17.3 Å². The van der Waals surface area contributed by atoms with E-state index < -0.39 is 5.82 Å². The molecule has 0 saturated heterocycles. The highest BCUT2D eigenvalue weighted by atomic mass is 19.1. The lowest BCUT2D eigenvalue weighted by molar-refractivity contribution is -0.118. The minimum Gasteiger partial charge on any atom is -0.484 e. The number of nitrogens with one attached hydrogen (secondary N) is 1. The molecule has 0 spiro atoms. The van der Waals surface area contributed by atoms with Gasteiger partial charge in [-0.1, -0.05) is 23.4 Å². The van der Waals surface area contributed by atoms with Crippen LogP contribution in [-0.2, 0) is 4.79 Å². The number of hydrogen-bond donors (Lipinski definition) is 1. The summed E-state index contributed by atoms with van der Waals surface area (Å²) in [6.07, 6.45) is 0. The van der Waals surface area contributed by atoms with Crippen LogP contribution < -0.4 is 10.1 Å². The van der Waals surface area contributed by atoms with Crippen LogP contribution in [0, 0.1) is 19.7 Å². The number of hydrogen-bond acceptors (Lipinski definition) is 4. The number of aryl methyl sites for hydroxylation is 2. The molecule has 25 heavy (non-hydrogen) atoms. The van der Waals surface area contributed by atoms with Crippen LogP contribution in [0.25, 0.3) is 11.1 Å². The fourth-order valence-corrected chi connectivity index (χ4v) is 2.52. The van der Waals surface area contributed by atoms with Gasteiger partial charge < -0.3 is 14.6 Å². The quantitative estimate of drug-likeness (QED) is 0.759. The minimum atomic E-state index is -0.409. The Bertz CT molecular complexity index is 868.